The van der Waals surface area contributed by atoms with E-state index in [0.29, 0.717) is 6.04 Å². The lowest BCUT2D eigenvalue weighted by atomic mass is 10.0. The van der Waals surface area contributed by atoms with Gasteiger partial charge in [-0.15, -0.1) is 0 Å². The maximum atomic E-state index is 5.73. The third-order valence-electron chi connectivity index (χ3n) is 4.72. The highest BCUT2D eigenvalue weighted by atomic mass is 79.9. The Kier molecular flexibility index (Phi) is 5.77. The lowest BCUT2D eigenvalue weighted by molar-refractivity contribution is 0.259. The molecule has 1 fully saturated rings. The normalized spacial score (nSPS) is 23.9. The standard InChI is InChI=1S/C17H24BrN3OS/c1-2-21-8-3-4-13(21)11-19-17(23)20-15-7-9-22-16-6-5-12(18)10-14(15)16/h5-6,10,13,15H,2-4,7-9,11H2,1H3,(H2,19,20,23)/t13-,15-/m1/s1. The molecule has 0 spiro atoms. The van der Waals surface area contributed by atoms with Crippen LogP contribution in [0.2, 0.25) is 0 Å². The van der Waals surface area contributed by atoms with Crippen molar-refractivity contribution in [1.29, 1.82) is 0 Å². The highest BCUT2D eigenvalue weighted by Gasteiger charge is 2.24. The number of thiocarbonyl (C=S) groups is 1. The van der Waals surface area contributed by atoms with Crippen LogP contribution in [0.5, 0.6) is 5.75 Å². The molecular weight excluding hydrogens is 374 g/mol. The van der Waals surface area contributed by atoms with Crippen molar-refractivity contribution in [1.82, 2.24) is 15.5 Å². The Morgan fingerprint density at radius 2 is 2.30 bits per heavy atom. The summed E-state index contributed by atoms with van der Waals surface area (Å²) in [6.45, 7) is 6.21. The monoisotopic (exact) mass is 397 g/mol. The van der Waals surface area contributed by atoms with Crippen molar-refractivity contribution in [3.05, 3.63) is 28.2 Å². The summed E-state index contributed by atoms with van der Waals surface area (Å²) in [5, 5.41) is 7.61. The number of likely N-dealkylation sites (N-methyl/N-ethyl adjacent to an activating group) is 1. The molecule has 1 aromatic carbocycles. The number of hydrogen-bond donors (Lipinski definition) is 2. The van der Waals surface area contributed by atoms with Crippen LogP contribution in [-0.4, -0.2) is 42.3 Å². The summed E-state index contributed by atoms with van der Waals surface area (Å²) in [5.74, 6) is 0.952. The van der Waals surface area contributed by atoms with E-state index in [2.05, 4.69) is 44.5 Å². The molecule has 2 atom stereocenters. The van der Waals surface area contributed by atoms with Gasteiger partial charge in [-0.05, 0) is 56.3 Å². The first-order chi connectivity index (χ1) is 11.2. The van der Waals surface area contributed by atoms with Gasteiger partial charge in [0.15, 0.2) is 5.11 Å². The average Bonchev–Trinajstić information content (AvgIpc) is 3.01. The van der Waals surface area contributed by atoms with Crippen LogP contribution in [0, 0.1) is 0 Å². The van der Waals surface area contributed by atoms with E-state index >= 15 is 0 Å². The zero-order valence-corrected chi connectivity index (χ0v) is 15.9. The van der Waals surface area contributed by atoms with Gasteiger partial charge in [-0.25, -0.2) is 0 Å². The second kappa shape index (κ2) is 7.81. The van der Waals surface area contributed by atoms with Crippen LogP contribution in [0.3, 0.4) is 0 Å². The van der Waals surface area contributed by atoms with Crippen LogP contribution in [-0.2, 0) is 0 Å². The van der Waals surface area contributed by atoms with Crippen LogP contribution in [0.1, 0.15) is 37.8 Å². The minimum Gasteiger partial charge on any atom is -0.493 e. The molecule has 6 heteroatoms. The molecule has 2 N–H and O–H groups in total. The number of hydrogen-bond acceptors (Lipinski definition) is 3. The van der Waals surface area contributed by atoms with Gasteiger partial charge in [0.05, 0.1) is 12.6 Å². The van der Waals surface area contributed by atoms with Gasteiger partial charge in [-0.2, -0.15) is 0 Å². The number of nitrogens with zero attached hydrogens (tertiary/aromatic N) is 1. The molecule has 2 aliphatic rings. The number of fused-ring (bicyclic) bond motifs is 1. The fourth-order valence-corrected chi connectivity index (χ4v) is 4.08. The summed E-state index contributed by atoms with van der Waals surface area (Å²) in [5.41, 5.74) is 1.17. The first-order valence-corrected chi connectivity index (χ1v) is 9.58. The largest absolute Gasteiger partial charge is 0.493 e. The van der Waals surface area contributed by atoms with Gasteiger partial charge in [0, 0.05) is 29.0 Å². The van der Waals surface area contributed by atoms with E-state index in [9.17, 15) is 0 Å². The molecule has 0 aliphatic carbocycles. The van der Waals surface area contributed by atoms with Crippen LogP contribution < -0.4 is 15.4 Å². The van der Waals surface area contributed by atoms with Crippen LogP contribution in [0.4, 0.5) is 0 Å². The first-order valence-electron chi connectivity index (χ1n) is 8.38. The van der Waals surface area contributed by atoms with Crippen molar-refractivity contribution < 1.29 is 4.74 Å². The Labute approximate surface area is 152 Å². The van der Waals surface area contributed by atoms with Gasteiger partial charge in [0.2, 0.25) is 0 Å². The van der Waals surface area contributed by atoms with Gasteiger partial charge in [-0.3, -0.25) is 4.90 Å². The van der Waals surface area contributed by atoms with Crippen molar-refractivity contribution in [2.45, 2.75) is 38.3 Å². The smallest absolute Gasteiger partial charge is 0.166 e. The highest BCUT2D eigenvalue weighted by Crippen LogP contribution is 2.34. The van der Waals surface area contributed by atoms with E-state index < -0.39 is 0 Å². The summed E-state index contributed by atoms with van der Waals surface area (Å²) < 4.78 is 6.80. The SMILES string of the molecule is CCN1CCC[C@@H]1CNC(=S)N[C@@H]1CCOc2ccc(Br)cc21. The molecule has 1 saturated heterocycles. The number of ether oxygens (including phenoxy) is 1. The van der Waals surface area contributed by atoms with Gasteiger partial charge in [0.25, 0.3) is 0 Å². The van der Waals surface area contributed by atoms with Crippen LogP contribution >= 0.6 is 28.1 Å². The molecule has 2 heterocycles. The third-order valence-corrected chi connectivity index (χ3v) is 5.48. The summed E-state index contributed by atoms with van der Waals surface area (Å²) in [7, 11) is 0. The Morgan fingerprint density at radius 1 is 1.43 bits per heavy atom. The van der Waals surface area contributed by atoms with Gasteiger partial charge in [0.1, 0.15) is 5.75 Å². The molecule has 126 valence electrons. The number of rotatable bonds is 4. The molecule has 0 unspecified atom stereocenters. The highest BCUT2D eigenvalue weighted by molar-refractivity contribution is 9.10. The third kappa shape index (κ3) is 4.17. The zero-order chi connectivity index (χ0) is 16.2. The molecule has 2 aliphatic heterocycles. The maximum absolute atomic E-state index is 5.73. The summed E-state index contributed by atoms with van der Waals surface area (Å²) in [4.78, 5) is 2.52. The van der Waals surface area contributed by atoms with Crippen molar-refractivity contribution in [3.63, 3.8) is 0 Å². The first kappa shape index (κ1) is 17.0. The number of likely N-dealkylation sites (tertiary alicyclic amines) is 1. The van der Waals surface area contributed by atoms with E-state index in [1.807, 2.05) is 12.1 Å². The topological polar surface area (TPSA) is 36.5 Å². The Balaban J connectivity index is 1.56. The average molecular weight is 398 g/mol. The quantitative estimate of drug-likeness (QED) is 0.762. The fourth-order valence-electron chi connectivity index (χ4n) is 3.48. The molecule has 0 saturated carbocycles. The Bertz CT molecular complexity index is 569. The predicted molar refractivity (Wildman–Crippen MR) is 101 cm³/mol. The van der Waals surface area contributed by atoms with E-state index in [1.165, 1.54) is 24.9 Å². The number of benzene rings is 1. The number of nitrogens with one attached hydrogen (secondary N) is 2. The summed E-state index contributed by atoms with van der Waals surface area (Å²) in [6, 6.07) is 6.96. The lowest BCUT2D eigenvalue weighted by Crippen LogP contribution is -2.45. The molecule has 23 heavy (non-hydrogen) atoms. The van der Waals surface area contributed by atoms with E-state index in [0.717, 1.165) is 41.5 Å². The van der Waals surface area contributed by atoms with E-state index in [4.69, 9.17) is 17.0 Å². The molecule has 0 bridgehead atoms. The zero-order valence-electron chi connectivity index (χ0n) is 13.5. The van der Waals surface area contributed by atoms with Crippen molar-refractivity contribution >= 4 is 33.3 Å². The minimum atomic E-state index is 0.210. The van der Waals surface area contributed by atoms with Crippen molar-refractivity contribution in [2.75, 3.05) is 26.2 Å². The van der Waals surface area contributed by atoms with E-state index in [1.54, 1.807) is 0 Å². The van der Waals surface area contributed by atoms with Gasteiger partial charge < -0.3 is 15.4 Å². The Hall–Kier alpha value is -0.850. The molecule has 0 aromatic heterocycles. The molecule has 0 amide bonds. The van der Waals surface area contributed by atoms with Gasteiger partial charge >= 0.3 is 0 Å². The van der Waals surface area contributed by atoms with Gasteiger partial charge in [-0.1, -0.05) is 22.9 Å². The fraction of sp³-hybridized carbons (Fsp3) is 0.588. The molecule has 4 nitrogen and oxygen atoms in total. The molecule has 0 radical (unpaired) electrons. The van der Waals surface area contributed by atoms with E-state index in [-0.39, 0.29) is 6.04 Å². The molecule has 1 aromatic rings. The van der Waals surface area contributed by atoms with Crippen molar-refractivity contribution in [2.24, 2.45) is 0 Å². The second-order valence-corrected chi connectivity index (χ2v) is 7.47. The lowest BCUT2D eigenvalue weighted by Gasteiger charge is -2.29. The molecule has 3 rings (SSSR count). The molecular formula is C17H24BrN3OS. The van der Waals surface area contributed by atoms with Crippen LogP contribution in [0.25, 0.3) is 0 Å². The van der Waals surface area contributed by atoms with Crippen molar-refractivity contribution in [3.8, 4) is 5.75 Å². The second-order valence-electron chi connectivity index (χ2n) is 6.15. The minimum absolute atomic E-state index is 0.210. The number of halogens is 1. The summed E-state index contributed by atoms with van der Waals surface area (Å²) in [6.07, 6.45) is 3.48. The Morgan fingerprint density at radius 3 is 3.13 bits per heavy atom. The summed E-state index contributed by atoms with van der Waals surface area (Å²) >= 11 is 9.05. The predicted octanol–water partition coefficient (Wildman–Crippen LogP) is 3.22. The maximum Gasteiger partial charge on any atom is 0.166 e. The van der Waals surface area contributed by atoms with Crippen LogP contribution in [0.15, 0.2) is 22.7 Å².